The Balaban J connectivity index is 1.58. The summed E-state index contributed by atoms with van der Waals surface area (Å²) in [6.45, 7) is 6.46. The number of carbonyl (C=O) groups excluding carboxylic acids is 1. The fourth-order valence-corrected chi connectivity index (χ4v) is 7.60. The Morgan fingerprint density at radius 1 is 1.00 bits per heavy atom. The Morgan fingerprint density at radius 2 is 1.79 bits per heavy atom. The number of fused-ring (bicyclic) bond motifs is 5. The van der Waals surface area contributed by atoms with Crippen molar-refractivity contribution in [2.75, 3.05) is 0 Å². The van der Waals surface area contributed by atoms with Crippen molar-refractivity contribution in [3.05, 3.63) is 0 Å². The molecule has 0 saturated heterocycles. The third-order valence-electron chi connectivity index (χ3n) is 8.74. The van der Waals surface area contributed by atoms with Gasteiger partial charge >= 0.3 is 5.97 Å². The molecule has 4 saturated carbocycles. The number of hydrogen-bond acceptors (Lipinski definition) is 3. The first kappa shape index (κ1) is 16.9. The van der Waals surface area contributed by atoms with Gasteiger partial charge in [-0.2, -0.15) is 0 Å². The van der Waals surface area contributed by atoms with Crippen LogP contribution in [0, 0.1) is 34.5 Å². The van der Waals surface area contributed by atoms with Crippen LogP contribution in [0.5, 0.6) is 0 Å². The van der Waals surface area contributed by atoms with E-state index in [2.05, 4.69) is 13.8 Å². The van der Waals surface area contributed by atoms with E-state index in [-0.39, 0.29) is 23.6 Å². The van der Waals surface area contributed by atoms with Gasteiger partial charge in [-0.3, -0.25) is 4.79 Å². The molecule has 3 nitrogen and oxygen atoms in total. The largest absolute Gasteiger partial charge is 0.463 e. The van der Waals surface area contributed by atoms with E-state index >= 15 is 0 Å². The van der Waals surface area contributed by atoms with Crippen LogP contribution in [0.3, 0.4) is 0 Å². The molecule has 4 aliphatic carbocycles. The van der Waals surface area contributed by atoms with Crippen molar-refractivity contribution >= 4 is 5.97 Å². The van der Waals surface area contributed by atoms with E-state index in [0.29, 0.717) is 17.3 Å². The lowest BCUT2D eigenvalue weighted by atomic mass is 9.44. The van der Waals surface area contributed by atoms with Crippen LogP contribution in [0.25, 0.3) is 0 Å². The van der Waals surface area contributed by atoms with Gasteiger partial charge in [0.15, 0.2) is 0 Å². The Morgan fingerprint density at radius 3 is 2.54 bits per heavy atom. The molecule has 4 aliphatic rings. The number of esters is 1. The molecule has 0 aromatic heterocycles. The monoisotopic (exact) mass is 334 g/mol. The zero-order valence-electron chi connectivity index (χ0n) is 15.6. The fourth-order valence-electron chi connectivity index (χ4n) is 7.60. The Labute approximate surface area is 146 Å². The highest BCUT2D eigenvalue weighted by atomic mass is 16.5. The minimum atomic E-state index is -0.211. The van der Waals surface area contributed by atoms with E-state index in [1.54, 1.807) is 0 Å². The zero-order chi connectivity index (χ0) is 17.1. The molecule has 8 atom stereocenters. The van der Waals surface area contributed by atoms with Gasteiger partial charge in [0.2, 0.25) is 0 Å². The number of ether oxygens (including phenoxy) is 1. The van der Waals surface area contributed by atoms with Crippen LogP contribution in [0.15, 0.2) is 0 Å². The summed E-state index contributed by atoms with van der Waals surface area (Å²) in [6, 6.07) is 0. The predicted octanol–water partition coefficient (Wildman–Crippen LogP) is 4.32. The molecule has 136 valence electrons. The molecule has 3 heteroatoms. The van der Waals surface area contributed by atoms with Crippen molar-refractivity contribution < 1.29 is 14.6 Å². The number of aliphatic hydroxyl groups excluding tert-OH is 1. The lowest BCUT2D eigenvalue weighted by Crippen LogP contribution is -2.58. The van der Waals surface area contributed by atoms with Gasteiger partial charge in [0.05, 0.1) is 6.10 Å². The van der Waals surface area contributed by atoms with Gasteiger partial charge in [-0.05, 0) is 85.9 Å². The van der Waals surface area contributed by atoms with Gasteiger partial charge in [-0.25, -0.2) is 0 Å². The van der Waals surface area contributed by atoms with Crippen molar-refractivity contribution in [3.8, 4) is 0 Å². The molecule has 1 N–H and O–H groups in total. The molecule has 24 heavy (non-hydrogen) atoms. The molecular formula is C21H34O3. The predicted molar refractivity (Wildman–Crippen MR) is 93.3 cm³/mol. The SMILES string of the molecule is CC(=O)OC1CCC2(C)C(C1)C(O)CC1C3CCCC3(C)CCC12. The van der Waals surface area contributed by atoms with Crippen LogP contribution in [0.1, 0.15) is 78.6 Å². The molecule has 0 aliphatic heterocycles. The van der Waals surface area contributed by atoms with Crippen LogP contribution in [0.2, 0.25) is 0 Å². The summed E-state index contributed by atoms with van der Waals surface area (Å²) in [6.07, 6.45) is 10.6. The second-order valence-electron chi connectivity index (χ2n) is 9.88. The molecule has 0 bridgehead atoms. The Bertz CT molecular complexity index is 517. The zero-order valence-corrected chi connectivity index (χ0v) is 15.6. The number of rotatable bonds is 1. The van der Waals surface area contributed by atoms with E-state index in [4.69, 9.17) is 4.74 Å². The number of carbonyl (C=O) groups is 1. The third kappa shape index (κ3) is 2.45. The highest BCUT2D eigenvalue weighted by Crippen LogP contribution is 2.66. The summed E-state index contributed by atoms with van der Waals surface area (Å²) in [5.41, 5.74) is 0.780. The summed E-state index contributed by atoms with van der Waals surface area (Å²) in [5.74, 6) is 2.44. The highest BCUT2D eigenvalue weighted by Gasteiger charge is 2.60. The topological polar surface area (TPSA) is 46.5 Å². The molecule has 4 fully saturated rings. The molecule has 0 heterocycles. The maximum Gasteiger partial charge on any atom is 0.302 e. The lowest BCUT2D eigenvalue weighted by Gasteiger charge is -2.61. The van der Waals surface area contributed by atoms with Crippen molar-refractivity contribution in [3.63, 3.8) is 0 Å². The van der Waals surface area contributed by atoms with Gasteiger partial charge < -0.3 is 9.84 Å². The van der Waals surface area contributed by atoms with Crippen LogP contribution < -0.4 is 0 Å². The van der Waals surface area contributed by atoms with E-state index < -0.39 is 0 Å². The lowest BCUT2D eigenvalue weighted by molar-refractivity contribution is -0.179. The van der Waals surface area contributed by atoms with Crippen molar-refractivity contribution in [1.29, 1.82) is 0 Å². The van der Waals surface area contributed by atoms with Crippen LogP contribution >= 0.6 is 0 Å². The van der Waals surface area contributed by atoms with Crippen molar-refractivity contribution in [1.82, 2.24) is 0 Å². The van der Waals surface area contributed by atoms with Crippen molar-refractivity contribution in [2.24, 2.45) is 34.5 Å². The molecular weight excluding hydrogens is 300 g/mol. The molecule has 8 unspecified atom stereocenters. The van der Waals surface area contributed by atoms with Crippen LogP contribution in [-0.4, -0.2) is 23.3 Å². The Hall–Kier alpha value is -0.570. The molecule has 4 rings (SSSR count). The summed E-state index contributed by atoms with van der Waals surface area (Å²) < 4.78 is 5.50. The second kappa shape index (κ2) is 5.72. The minimum Gasteiger partial charge on any atom is -0.463 e. The maximum absolute atomic E-state index is 11.3. The molecule has 0 radical (unpaired) electrons. The van der Waals surface area contributed by atoms with Gasteiger partial charge in [0.25, 0.3) is 0 Å². The quantitative estimate of drug-likeness (QED) is 0.726. The van der Waals surface area contributed by atoms with E-state index in [1.165, 1.54) is 39.0 Å². The van der Waals surface area contributed by atoms with Gasteiger partial charge in [-0.15, -0.1) is 0 Å². The van der Waals surface area contributed by atoms with E-state index in [9.17, 15) is 9.90 Å². The average Bonchev–Trinajstić information content (AvgIpc) is 2.90. The molecule has 0 aromatic rings. The molecule has 0 spiro atoms. The summed E-state index contributed by atoms with van der Waals surface area (Å²) >= 11 is 0. The summed E-state index contributed by atoms with van der Waals surface area (Å²) in [5, 5.41) is 11.0. The summed E-state index contributed by atoms with van der Waals surface area (Å²) in [7, 11) is 0. The minimum absolute atomic E-state index is 0.0205. The second-order valence-corrected chi connectivity index (χ2v) is 9.88. The van der Waals surface area contributed by atoms with Crippen LogP contribution in [-0.2, 0) is 9.53 Å². The van der Waals surface area contributed by atoms with Gasteiger partial charge in [0, 0.05) is 6.92 Å². The standard InChI is InChI=1S/C21H34O3/c1-13(22)24-14-6-10-21(3)17-7-9-20(2)8-4-5-16(20)15(17)12-19(23)18(21)11-14/h14-19,23H,4-12H2,1-3H3. The normalized spacial score (nSPS) is 53.7. The average molecular weight is 335 g/mol. The highest BCUT2D eigenvalue weighted by molar-refractivity contribution is 5.66. The van der Waals surface area contributed by atoms with E-state index in [0.717, 1.165) is 37.5 Å². The van der Waals surface area contributed by atoms with Crippen molar-refractivity contribution in [2.45, 2.75) is 90.8 Å². The first-order valence-electron chi connectivity index (χ1n) is 10.2. The first-order chi connectivity index (χ1) is 11.3. The fraction of sp³-hybridized carbons (Fsp3) is 0.952. The first-order valence-corrected chi connectivity index (χ1v) is 10.2. The van der Waals surface area contributed by atoms with Gasteiger partial charge in [-0.1, -0.05) is 20.3 Å². The van der Waals surface area contributed by atoms with Gasteiger partial charge in [0.1, 0.15) is 6.10 Å². The number of aliphatic hydroxyl groups is 1. The smallest absolute Gasteiger partial charge is 0.302 e. The molecule has 0 amide bonds. The maximum atomic E-state index is 11.3. The Kier molecular flexibility index (Phi) is 4.02. The third-order valence-corrected chi connectivity index (χ3v) is 8.74. The number of hydrogen-bond donors (Lipinski definition) is 1. The van der Waals surface area contributed by atoms with Crippen LogP contribution in [0.4, 0.5) is 0 Å². The molecule has 0 aromatic carbocycles. The summed E-state index contributed by atoms with van der Waals surface area (Å²) in [4.78, 5) is 11.3. The van der Waals surface area contributed by atoms with E-state index in [1.807, 2.05) is 0 Å².